The van der Waals surface area contributed by atoms with Gasteiger partial charge in [-0.1, -0.05) is 33.1 Å². The first kappa shape index (κ1) is 13.4. The number of hydrogen-bond donors (Lipinski definition) is 1. The molecule has 3 nitrogen and oxygen atoms in total. The van der Waals surface area contributed by atoms with Crippen LogP contribution in [0, 0.1) is 5.92 Å². The zero-order valence-corrected chi connectivity index (χ0v) is 9.42. The van der Waals surface area contributed by atoms with Crippen molar-refractivity contribution in [3.05, 3.63) is 0 Å². The normalized spacial score (nSPS) is 12.7. The van der Waals surface area contributed by atoms with Gasteiger partial charge in [0.25, 0.3) is 0 Å². The fourth-order valence-corrected chi connectivity index (χ4v) is 1.32. The predicted molar refractivity (Wildman–Crippen MR) is 57.9 cm³/mol. The minimum Gasteiger partial charge on any atom is -0.381 e. The number of unbranched alkanes of at least 4 members (excludes halogenated alkanes) is 1. The maximum atomic E-state index is 10.4. The van der Waals surface area contributed by atoms with Gasteiger partial charge in [-0.25, -0.2) is 0 Å². The smallest absolute Gasteiger partial charge is 0.219 e. The van der Waals surface area contributed by atoms with Gasteiger partial charge in [0.1, 0.15) is 0 Å². The van der Waals surface area contributed by atoms with E-state index in [2.05, 4.69) is 13.8 Å². The Hall–Kier alpha value is -0.570. The highest BCUT2D eigenvalue weighted by Crippen LogP contribution is 2.12. The van der Waals surface area contributed by atoms with Crippen LogP contribution in [0.4, 0.5) is 0 Å². The minimum absolute atomic E-state index is 0.286. The van der Waals surface area contributed by atoms with Gasteiger partial charge >= 0.3 is 0 Å². The van der Waals surface area contributed by atoms with Crippen molar-refractivity contribution in [2.24, 2.45) is 11.7 Å². The van der Waals surface area contributed by atoms with Gasteiger partial charge in [-0.05, 0) is 12.3 Å². The molecule has 2 N–H and O–H groups in total. The molecule has 1 amide bonds. The molecule has 0 bridgehead atoms. The molecule has 0 heterocycles. The SMILES string of the molecule is CCCCC(CC)COCCC(N)=O. The fourth-order valence-electron chi connectivity index (χ4n) is 1.32. The maximum absolute atomic E-state index is 10.4. The number of carbonyl (C=O) groups excluding carboxylic acids is 1. The Morgan fingerprint density at radius 3 is 2.64 bits per heavy atom. The number of nitrogens with two attached hydrogens (primary N) is 1. The highest BCUT2D eigenvalue weighted by Gasteiger charge is 2.05. The van der Waals surface area contributed by atoms with Crippen molar-refractivity contribution in [1.29, 1.82) is 0 Å². The van der Waals surface area contributed by atoms with Crippen molar-refractivity contribution < 1.29 is 9.53 Å². The number of ether oxygens (including phenoxy) is 1. The molecule has 14 heavy (non-hydrogen) atoms. The number of primary amides is 1. The number of rotatable bonds is 9. The summed E-state index contributed by atoms with van der Waals surface area (Å²) in [6.07, 6.45) is 5.21. The van der Waals surface area contributed by atoms with Crippen LogP contribution in [0.1, 0.15) is 46.0 Å². The van der Waals surface area contributed by atoms with Crippen LogP contribution in [-0.2, 0) is 9.53 Å². The predicted octanol–water partition coefficient (Wildman–Crippen LogP) is 2.09. The molecular weight excluding hydrogens is 178 g/mol. The first-order valence-electron chi connectivity index (χ1n) is 5.56. The molecule has 0 fully saturated rings. The highest BCUT2D eigenvalue weighted by atomic mass is 16.5. The van der Waals surface area contributed by atoms with E-state index in [9.17, 15) is 4.79 Å². The summed E-state index contributed by atoms with van der Waals surface area (Å²) in [4.78, 5) is 10.4. The molecule has 0 saturated carbocycles. The van der Waals surface area contributed by atoms with Crippen molar-refractivity contribution in [3.8, 4) is 0 Å². The van der Waals surface area contributed by atoms with E-state index in [1.807, 2.05) is 0 Å². The van der Waals surface area contributed by atoms with Gasteiger partial charge in [0.2, 0.25) is 5.91 Å². The third kappa shape index (κ3) is 8.05. The van der Waals surface area contributed by atoms with Gasteiger partial charge in [0.05, 0.1) is 6.61 Å². The monoisotopic (exact) mass is 201 g/mol. The Labute approximate surface area is 87.0 Å². The van der Waals surface area contributed by atoms with E-state index in [-0.39, 0.29) is 5.91 Å². The van der Waals surface area contributed by atoms with Crippen LogP contribution >= 0.6 is 0 Å². The lowest BCUT2D eigenvalue weighted by Crippen LogP contribution is -2.16. The topological polar surface area (TPSA) is 52.3 Å². The second-order valence-corrected chi connectivity index (χ2v) is 3.71. The molecule has 0 aromatic heterocycles. The van der Waals surface area contributed by atoms with Crippen molar-refractivity contribution >= 4 is 5.91 Å². The lowest BCUT2D eigenvalue weighted by atomic mass is 10.0. The molecule has 0 aliphatic rings. The van der Waals surface area contributed by atoms with Gasteiger partial charge in [-0.3, -0.25) is 4.79 Å². The Balaban J connectivity index is 3.37. The molecule has 0 spiro atoms. The summed E-state index contributed by atoms with van der Waals surface area (Å²) in [7, 11) is 0. The van der Waals surface area contributed by atoms with E-state index in [0.29, 0.717) is 18.9 Å². The molecule has 3 heteroatoms. The van der Waals surface area contributed by atoms with Crippen molar-refractivity contribution in [3.63, 3.8) is 0 Å². The average Bonchev–Trinajstić information content (AvgIpc) is 2.16. The van der Waals surface area contributed by atoms with Gasteiger partial charge in [0.15, 0.2) is 0 Å². The average molecular weight is 201 g/mol. The molecular formula is C11H23NO2. The van der Waals surface area contributed by atoms with E-state index in [1.54, 1.807) is 0 Å². The fraction of sp³-hybridized carbons (Fsp3) is 0.909. The lowest BCUT2D eigenvalue weighted by Gasteiger charge is -2.14. The van der Waals surface area contributed by atoms with E-state index in [4.69, 9.17) is 10.5 Å². The van der Waals surface area contributed by atoms with E-state index in [1.165, 1.54) is 19.3 Å². The molecule has 0 aromatic carbocycles. The quantitative estimate of drug-likeness (QED) is 0.581. The second-order valence-electron chi connectivity index (χ2n) is 3.71. The lowest BCUT2D eigenvalue weighted by molar-refractivity contribution is -0.119. The summed E-state index contributed by atoms with van der Waals surface area (Å²) in [6, 6.07) is 0. The zero-order valence-electron chi connectivity index (χ0n) is 9.42. The van der Waals surface area contributed by atoms with Crippen molar-refractivity contribution in [2.75, 3.05) is 13.2 Å². The van der Waals surface area contributed by atoms with Crippen LogP contribution < -0.4 is 5.73 Å². The number of hydrogen-bond acceptors (Lipinski definition) is 2. The first-order chi connectivity index (χ1) is 6.70. The Bertz CT molecular complexity index is 148. The number of amides is 1. The summed E-state index contributed by atoms with van der Waals surface area (Å²) in [5, 5.41) is 0. The molecule has 0 aromatic rings. The van der Waals surface area contributed by atoms with E-state index in [0.717, 1.165) is 13.0 Å². The molecule has 0 aliphatic carbocycles. The Morgan fingerprint density at radius 1 is 1.43 bits per heavy atom. The molecule has 0 radical (unpaired) electrons. The number of carbonyl (C=O) groups is 1. The molecule has 0 rings (SSSR count). The summed E-state index contributed by atoms with van der Waals surface area (Å²) >= 11 is 0. The van der Waals surface area contributed by atoms with Crippen LogP contribution in [0.2, 0.25) is 0 Å². The van der Waals surface area contributed by atoms with Crippen LogP contribution in [0.5, 0.6) is 0 Å². The molecule has 1 unspecified atom stereocenters. The zero-order chi connectivity index (χ0) is 10.8. The minimum atomic E-state index is -0.286. The third-order valence-electron chi connectivity index (χ3n) is 2.39. The summed E-state index contributed by atoms with van der Waals surface area (Å²) < 4.78 is 5.39. The molecule has 84 valence electrons. The summed E-state index contributed by atoms with van der Waals surface area (Å²) in [5.74, 6) is 0.356. The van der Waals surface area contributed by atoms with Crippen LogP contribution in [-0.4, -0.2) is 19.1 Å². The van der Waals surface area contributed by atoms with Crippen LogP contribution in [0.3, 0.4) is 0 Å². The van der Waals surface area contributed by atoms with Gasteiger partial charge < -0.3 is 10.5 Å². The van der Waals surface area contributed by atoms with Crippen LogP contribution in [0.15, 0.2) is 0 Å². The third-order valence-corrected chi connectivity index (χ3v) is 2.39. The molecule has 0 aliphatic heterocycles. The van der Waals surface area contributed by atoms with Crippen LogP contribution in [0.25, 0.3) is 0 Å². The summed E-state index contributed by atoms with van der Waals surface area (Å²) in [5.41, 5.74) is 5.00. The second kappa shape index (κ2) is 9.00. The van der Waals surface area contributed by atoms with Gasteiger partial charge in [-0.15, -0.1) is 0 Å². The molecule has 1 atom stereocenters. The largest absolute Gasteiger partial charge is 0.381 e. The van der Waals surface area contributed by atoms with E-state index >= 15 is 0 Å². The standard InChI is InChI=1S/C11H23NO2/c1-3-5-6-10(4-2)9-14-8-7-11(12)13/h10H,3-9H2,1-2H3,(H2,12,13). The van der Waals surface area contributed by atoms with E-state index < -0.39 is 0 Å². The van der Waals surface area contributed by atoms with Gasteiger partial charge in [0, 0.05) is 13.0 Å². The highest BCUT2D eigenvalue weighted by molar-refractivity contribution is 5.73. The molecule has 0 saturated heterocycles. The first-order valence-corrected chi connectivity index (χ1v) is 5.56. The Kier molecular flexibility index (Phi) is 8.64. The van der Waals surface area contributed by atoms with Crippen molar-refractivity contribution in [2.45, 2.75) is 46.0 Å². The maximum Gasteiger partial charge on any atom is 0.219 e. The van der Waals surface area contributed by atoms with Gasteiger partial charge in [-0.2, -0.15) is 0 Å². The summed E-state index contributed by atoms with van der Waals surface area (Å²) in [6.45, 7) is 5.61. The Morgan fingerprint density at radius 2 is 2.14 bits per heavy atom. The van der Waals surface area contributed by atoms with Crippen molar-refractivity contribution in [1.82, 2.24) is 0 Å².